The van der Waals surface area contributed by atoms with Crippen LogP contribution in [0.1, 0.15) is 32.3 Å². The molecule has 1 aromatic carbocycles. The first-order valence-electron chi connectivity index (χ1n) is 6.77. The Morgan fingerprint density at radius 2 is 1.84 bits per heavy atom. The molecule has 1 rings (SSSR count). The monoisotopic (exact) mass is 271 g/mol. The first-order valence-corrected chi connectivity index (χ1v) is 6.77. The molecular formula is C15H23F2NO. The number of hydrogen-bond acceptors (Lipinski definition) is 2. The fourth-order valence-corrected chi connectivity index (χ4v) is 2.09. The molecule has 0 saturated heterocycles. The smallest absolute Gasteiger partial charge is 0.129 e. The Bertz CT molecular complexity index is 364. The molecule has 0 fully saturated rings. The molecule has 108 valence electrons. The molecule has 0 amide bonds. The molecule has 0 saturated carbocycles. The van der Waals surface area contributed by atoms with Crippen molar-refractivity contribution >= 4 is 0 Å². The Morgan fingerprint density at radius 3 is 2.37 bits per heavy atom. The SMILES string of the molecule is CCNC(CCC(C)OC)Cc1c(F)cccc1F. The average molecular weight is 271 g/mol. The maximum Gasteiger partial charge on any atom is 0.129 e. The third kappa shape index (κ3) is 5.25. The summed E-state index contributed by atoms with van der Waals surface area (Å²) in [7, 11) is 1.67. The Labute approximate surface area is 114 Å². The molecule has 2 atom stereocenters. The maximum absolute atomic E-state index is 13.6. The average Bonchev–Trinajstić information content (AvgIpc) is 2.39. The molecule has 0 spiro atoms. The van der Waals surface area contributed by atoms with Gasteiger partial charge in [0, 0.05) is 18.7 Å². The van der Waals surface area contributed by atoms with Gasteiger partial charge in [-0.3, -0.25) is 0 Å². The van der Waals surface area contributed by atoms with Crippen molar-refractivity contribution in [3.8, 4) is 0 Å². The molecule has 0 aliphatic rings. The molecule has 2 nitrogen and oxygen atoms in total. The Balaban J connectivity index is 2.67. The number of ether oxygens (including phenoxy) is 1. The van der Waals surface area contributed by atoms with Gasteiger partial charge in [0.15, 0.2) is 0 Å². The van der Waals surface area contributed by atoms with Gasteiger partial charge in [-0.1, -0.05) is 13.0 Å². The molecule has 1 N–H and O–H groups in total. The molecule has 1 aromatic rings. The second kappa shape index (κ2) is 8.23. The second-order valence-electron chi connectivity index (χ2n) is 4.78. The van der Waals surface area contributed by atoms with Gasteiger partial charge in [-0.05, 0) is 44.9 Å². The maximum atomic E-state index is 13.6. The first-order chi connectivity index (χ1) is 9.08. The van der Waals surface area contributed by atoms with Gasteiger partial charge in [-0.25, -0.2) is 8.78 Å². The van der Waals surface area contributed by atoms with Crippen molar-refractivity contribution in [1.82, 2.24) is 5.32 Å². The van der Waals surface area contributed by atoms with E-state index in [1.807, 2.05) is 13.8 Å². The standard InChI is InChI=1S/C15H23F2NO/c1-4-18-12(9-8-11(2)19-3)10-13-14(16)6-5-7-15(13)17/h5-7,11-12,18H,4,8-10H2,1-3H3. The Hall–Kier alpha value is -1.00. The van der Waals surface area contributed by atoms with E-state index in [9.17, 15) is 8.78 Å². The van der Waals surface area contributed by atoms with Crippen molar-refractivity contribution in [3.05, 3.63) is 35.4 Å². The van der Waals surface area contributed by atoms with Crippen LogP contribution >= 0.6 is 0 Å². The van der Waals surface area contributed by atoms with E-state index in [2.05, 4.69) is 5.32 Å². The summed E-state index contributed by atoms with van der Waals surface area (Å²) in [4.78, 5) is 0. The van der Waals surface area contributed by atoms with Crippen LogP contribution in [0.5, 0.6) is 0 Å². The van der Waals surface area contributed by atoms with Gasteiger partial charge in [-0.2, -0.15) is 0 Å². The highest BCUT2D eigenvalue weighted by atomic mass is 19.1. The lowest BCUT2D eigenvalue weighted by atomic mass is 9.99. The number of methoxy groups -OCH3 is 1. The van der Waals surface area contributed by atoms with Crippen LogP contribution in [-0.2, 0) is 11.2 Å². The zero-order valence-electron chi connectivity index (χ0n) is 11.9. The van der Waals surface area contributed by atoms with Gasteiger partial charge in [0.25, 0.3) is 0 Å². The Morgan fingerprint density at radius 1 is 1.21 bits per heavy atom. The van der Waals surface area contributed by atoms with Gasteiger partial charge in [0.2, 0.25) is 0 Å². The first kappa shape index (κ1) is 16.1. The van der Waals surface area contributed by atoms with Gasteiger partial charge < -0.3 is 10.1 Å². The summed E-state index contributed by atoms with van der Waals surface area (Å²) in [5, 5.41) is 3.28. The minimum atomic E-state index is -0.470. The van der Waals surface area contributed by atoms with E-state index in [-0.39, 0.29) is 17.7 Å². The highest BCUT2D eigenvalue weighted by Gasteiger charge is 2.16. The molecule has 0 heterocycles. The number of benzene rings is 1. The zero-order chi connectivity index (χ0) is 14.3. The van der Waals surface area contributed by atoms with Crippen LogP contribution in [0, 0.1) is 11.6 Å². The van der Waals surface area contributed by atoms with Crippen molar-refractivity contribution in [3.63, 3.8) is 0 Å². The molecule has 0 aromatic heterocycles. The summed E-state index contributed by atoms with van der Waals surface area (Å²) < 4.78 is 32.4. The predicted molar refractivity (Wildman–Crippen MR) is 73.2 cm³/mol. The molecular weight excluding hydrogens is 248 g/mol. The van der Waals surface area contributed by atoms with Crippen molar-refractivity contribution in [2.24, 2.45) is 0 Å². The summed E-state index contributed by atoms with van der Waals surface area (Å²) >= 11 is 0. The zero-order valence-corrected chi connectivity index (χ0v) is 11.9. The molecule has 4 heteroatoms. The lowest BCUT2D eigenvalue weighted by Crippen LogP contribution is -2.32. The van der Waals surface area contributed by atoms with Crippen LogP contribution in [-0.4, -0.2) is 25.8 Å². The highest BCUT2D eigenvalue weighted by molar-refractivity contribution is 5.20. The number of nitrogens with one attached hydrogen (secondary N) is 1. The molecule has 2 unspecified atom stereocenters. The predicted octanol–water partition coefficient (Wildman–Crippen LogP) is 3.30. The lowest BCUT2D eigenvalue weighted by molar-refractivity contribution is 0.106. The minimum Gasteiger partial charge on any atom is -0.382 e. The molecule has 19 heavy (non-hydrogen) atoms. The fraction of sp³-hybridized carbons (Fsp3) is 0.600. The summed E-state index contributed by atoms with van der Waals surface area (Å²) in [6, 6.07) is 4.07. The normalized spacial score (nSPS) is 14.4. The van der Waals surface area contributed by atoms with Crippen LogP contribution < -0.4 is 5.32 Å². The van der Waals surface area contributed by atoms with E-state index < -0.39 is 11.6 Å². The summed E-state index contributed by atoms with van der Waals surface area (Å²) in [5.41, 5.74) is 0.165. The van der Waals surface area contributed by atoms with E-state index >= 15 is 0 Å². The van der Waals surface area contributed by atoms with Gasteiger partial charge in [0.1, 0.15) is 11.6 Å². The number of hydrogen-bond donors (Lipinski definition) is 1. The lowest BCUT2D eigenvalue weighted by Gasteiger charge is -2.20. The van der Waals surface area contributed by atoms with E-state index in [4.69, 9.17) is 4.74 Å². The largest absolute Gasteiger partial charge is 0.382 e. The van der Waals surface area contributed by atoms with E-state index in [0.29, 0.717) is 6.42 Å². The third-order valence-electron chi connectivity index (χ3n) is 3.33. The van der Waals surface area contributed by atoms with Crippen LogP contribution in [0.4, 0.5) is 8.78 Å². The number of likely N-dealkylation sites (N-methyl/N-ethyl adjacent to an activating group) is 1. The van der Waals surface area contributed by atoms with Gasteiger partial charge >= 0.3 is 0 Å². The third-order valence-corrected chi connectivity index (χ3v) is 3.33. The van der Waals surface area contributed by atoms with Crippen molar-refractivity contribution in [1.29, 1.82) is 0 Å². The molecule has 0 radical (unpaired) electrons. The number of rotatable bonds is 8. The molecule has 0 bridgehead atoms. The van der Waals surface area contributed by atoms with E-state index in [1.165, 1.54) is 18.2 Å². The second-order valence-corrected chi connectivity index (χ2v) is 4.78. The summed E-state index contributed by atoms with van der Waals surface area (Å²) in [5.74, 6) is -0.939. The van der Waals surface area contributed by atoms with Crippen LogP contribution in [0.3, 0.4) is 0 Å². The van der Waals surface area contributed by atoms with Crippen LogP contribution in [0.15, 0.2) is 18.2 Å². The fourth-order valence-electron chi connectivity index (χ4n) is 2.09. The van der Waals surface area contributed by atoms with Crippen LogP contribution in [0.2, 0.25) is 0 Å². The topological polar surface area (TPSA) is 21.3 Å². The van der Waals surface area contributed by atoms with E-state index in [0.717, 1.165) is 19.4 Å². The molecule has 0 aliphatic heterocycles. The van der Waals surface area contributed by atoms with Crippen molar-refractivity contribution in [2.75, 3.05) is 13.7 Å². The Kier molecular flexibility index (Phi) is 6.95. The van der Waals surface area contributed by atoms with Crippen LogP contribution in [0.25, 0.3) is 0 Å². The highest BCUT2D eigenvalue weighted by Crippen LogP contribution is 2.16. The number of halogens is 2. The molecule has 0 aliphatic carbocycles. The summed E-state index contributed by atoms with van der Waals surface area (Å²) in [6.07, 6.45) is 2.22. The van der Waals surface area contributed by atoms with Crippen molar-refractivity contribution in [2.45, 2.75) is 45.3 Å². The quantitative estimate of drug-likeness (QED) is 0.783. The van der Waals surface area contributed by atoms with Gasteiger partial charge in [0.05, 0.1) is 6.10 Å². The minimum absolute atomic E-state index is 0.0639. The summed E-state index contributed by atoms with van der Waals surface area (Å²) in [6.45, 7) is 4.76. The van der Waals surface area contributed by atoms with Gasteiger partial charge in [-0.15, -0.1) is 0 Å². The van der Waals surface area contributed by atoms with E-state index in [1.54, 1.807) is 7.11 Å². The van der Waals surface area contributed by atoms with Crippen molar-refractivity contribution < 1.29 is 13.5 Å².